The average molecular weight is 332 g/mol. The highest BCUT2D eigenvalue weighted by Crippen LogP contribution is 2.26. The van der Waals surface area contributed by atoms with Gasteiger partial charge in [-0.25, -0.2) is 4.21 Å². The average Bonchev–Trinajstić information content (AvgIpc) is 2.50. The highest BCUT2D eigenvalue weighted by atomic mass is 32.2. The van der Waals surface area contributed by atoms with Crippen LogP contribution in [0.25, 0.3) is 0 Å². The van der Waals surface area contributed by atoms with Crippen molar-refractivity contribution in [1.29, 1.82) is 0 Å². The van der Waals surface area contributed by atoms with Crippen LogP contribution >= 0.6 is 0 Å². The van der Waals surface area contributed by atoms with Gasteiger partial charge in [0.05, 0.1) is 4.92 Å². The van der Waals surface area contributed by atoms with Gasteiger partial charge in [0, 0.05) is 22.7 Å². The molecule has 6 nitrogen and oxygen atoms in total. The van der Waals surface area contributed by atoms with Crippen LogP contribution in [0.4, 0.5) is 16.2 Å². The van der Waals surface area contributed by atoms with Crippen molar-refractivity contribution in [3.05, 3.63) is 63.2 Å². The Bertz CT molecular complexity index is 777. The molecule has 1 unspecified atom stereocenters. The number of carbonyl (C=O) groups excluding carboxylic acids is 1. The van der Waals surface area contributed by atoms with Crippen LogP contribution in [0.2, 0.25) is 0 Å². The molecule has 0 saturated heterocycles. The highest BCUT2D eigenvalue weighted by molar-refractivity contribution is 8.00. The number of carbonyl (C=O) groups is 1. The fourth-order valence-electron chi connectivity index (χ4n) is 2.16. The Labute approximate surface area is 136 Å². The normalized spacial score (nSPS) is 11.8. The minimum atomic E-state index is -1.85. The zero-order chi connectivity index (χ0) is 17.1. The number of hydrogen-bond acceptors (Lipinski definition) is 4. The Morgan fingerprint density at radius 3 is 2.09 bits per heavy atom. The Kier molecular flexibility index (Phi) is 4.90. The summed E-state index contributed by atoms with van der Waals surface area (Å²) in [6.45, 7) is 5.21. The fourth-order valence-corrected chi connectivity index (χ4v) is 2.95. The first kappa shape index (κ1) is 16.8. The summed E-state index contributed by atoms with van der Waals surface area (Å²) in [5, 5.41) is 12.8. The second-order valence-corrected chi connectivity index (χ2v) is 6.59. The van der Waals surface area contributed by atoms with Crippen LogP contribution in [0.1, 0.15) is 16.7 Å². The summed E-state index contributed by atoms with van der Waals surface area (Å²) in [6.07, 6.45) is 0. The van der Waals surface area contributed by atoms with Crippen molar-refractivity contribution >= 4 is 27.4 Å². The third kappa shape index (κ3) is 3.81. The lowest BCUT2D eigenvalue weighted by atomic mass is 10.1. The molecule has 7 heteroatoms. The molecule has 2 aromatic carbocycles. The van der Waals surface area contributed by atoms with E-state index >= 15 is 0 Å². The van der Waals surface area contributed by atoms with E-state index in [2.05, 4.69) is 5.32 Å². The molecule has 0 aliphatic heterocycles. The molecule has 23 heavy (non-hydrogen) atoms. The van der Waals surface area contributed by atoms with E-state index in [-0.39, 0.29) is 5.69 Å². The zero-order valence-corrected chi connectivity index (χ0v) is 13.8. The van der Waals surface area contributed by atoms with E-state index in [9.17, 15) is 19.1 Å². The van der Waals surface area contributed by atoms with E-state index < -0.39 is 21.0 Å². The molecular formula is C16H16N2O4S. The second-order valence-electron chi connectivity index (χ2n) is 5.21. The number of hydrogen-bond donors (Lipinski definition) is 1. The lowest BCUT2D eigenvalue weighted by Crippen LogP contribution is -2.17. The van der Waals surface area contributed by atoms with Crippen molar-refractivity contribution in [2.24, 2.45) is 0 Å². The monoisotopic (exact) mass is 332 g/mol. The SMILES string of the molecule is Cc1ccc(S(=O)C(=O)Nc2c(C)cc([N+](=O)[O-])cc2C)cc1. The molecular weight excluding hydrogens is 316 g/mol. The van der Waals surface area contributed by atoms with Crippen molar-refractivity contribution in [2.45, 2.75) is 25.7 Å². The first-order chi connectivity index (χ1) is 10.8. The predicted molar refractivity (Wildman–Crippen MR) is 89.2 cm³/mol. The van der Waals surface area contributed by atoms with E-state index in [1.165, 1.54) is 12.1 Å². The number of rotatable bonds is 3. The van der Waals surface area contributed by atoms with Gasteiger partial charge >= 0.3 is 5.24 Å². The highest BCUT2D eigenvalue weighted by Gasteiger charge is 2.18. The van der Waals surface area contributed by atoms with Crippen molar-refractivity contribution in [2.75, 3.05) is 5.32 Å². The van der Waals surface area contributed by atoms with E-state index in [1.807, 2.05) is 6.92 Å². The maximum Gasteiger partial charge on any atom is 0.318 e. The zero-order valence-electron chi connectivity index (χ0n) is 13.0. The second kappa shape index (κ2) is 6.70. The molecule has 0 spiro atoms. The van der Waals surface area contributed by atoms with E-state index in [4.69, 9.17) is 0 Å². The van der Waals surface area contributed by atoms with Crippen molar-refractivity contribution in [1.82, 2.24) is 0 Å². The molecule has 0 heterocycles. The fraction of sp³-hybridized carbons (Fsp3) is 0.188. The molecule has 0 fully saturated rings. The van der Waals surface area contributed by atoms with E-state index in [1.54, 1.807) is 38.1 Å². The van der Waals surface area contributed by atoms with Gasteiger partial charge in [-0.05, 0) is 44.0 Å². The number of anilines is 1. The van der Waals surface area contributed by atoms with Crippen LogP contribution in [0.15, 0.2) is 41.3 Å². The molecule has 1 amide bonds. The summed E-state index contributed by atoms with van der Waals surface area (Å²) < 4.78 is 12.2. The van der Waals surface area contributed by atoms with E-state index in [0.717, 1.165) is 5.56 Å². The predicted octanol–water partition coefficient (Wildman–Crippen LogP) is 3.86. The number of benzene rings is 2. The third-order valence-corrected chi connectivity index (χ3v) is 4.50. The molecule has 0 saturated carbocycles. The molecule has 1 N–H and O–H groups in total. The summed E-state index contributed by atoms with van der Waals surface area (Å²) in [5.41, 5.74) is 2.50. The number of nitro benzene ring substituents is 1. The van der Waals surface area contributed by atoms with Crippen LogP contribution < -0.4 is 5.32 Å². The summed E-state index contributed by atoms with van der Waals surface area (Å²) in [6, 6.07) is 9.59. The van der Waals surface area contributed by atoms with Gasteiger partial charge in [0.2, 0.25) is 0 Å². The minimum Gasteiger partial charge on any atom is -0.314 e. The van der Waals surface area contributed by atoms with Crippen molar-refractivity contribution < 1.29 is 13.9 Å². The lowest BCUT2D eigenvalue weighted by Gasteiger charge is -2.11. The molecule has 2 rings (SSSR count). The standard InChI is InChI=1S/C16H16N2O4S/c1-10-4-6-14(7-5-10)23(22)16(19)17-15-11(2)8-13(18(20)21)9-12(15)3/h4-9H,1-3H3,(H,17,19). The van der Waals surface area contributed by atoms with Gasteiger partial charge < -0.3 is 5.32 Å². The van der Waals surface area contributed by atoms with Gasteiger partial charge in [-0.1, -0.05) is 17.7 Å². The molecule has 0 aromatic heterocycles. The number of nitro groups is 1. The number of amides is 1. The Morgan fingerprint density at radius 1 is 1.09 bits per heavy atom. The van der Waals surface area contributed by atoms with Crippen molar-refractivity contribution in [3.8, 4) is 0 Å². The van der Waals surface area contributed by atoms with Gasteiger partial charge in [0.15, 0.2) is 0 Å². The van der Waals surface area contributed by atoms with Crippen LogP contribution in [0.5, 0.6) is 0 Å². The van der Waals surface area contributed by atoms with Gasteiger partial charge in [0.1, 0.15) is 10.8 Å². The molecule has 0 aliphatic carbocycles. The topological polar surface area (TPSA) is 89.3 Å². The molecule has 2 aromatic rings. The van der Waals surface area contributed by atoms with Gasteiger partial charge in [0.25, 0.3) is 5.69 Å². The Balaban J connectivity index is 2.25. The Hall–Kier alpha value is -2.54. The molecule has 120 valence electrons. The third-order valence-electron chi connectivity index (χ3n) is 3.36. The van der Waals surface area contributed by atoms with Crippen LogP contribution in [-0.2, 0) is 10.8 Å². The molecule has 1 atom stereocenters. The van der Waals surface area contributed by atoms with Gasteiger partial charge in [-0.2, -0.15) is 0 Å². The summed E-state index contributed by atoms with van der Waals surface area (Å²) >= 11 is 0. The van der Waals surface area contributed by atoms with Gasteiger partial charge in [-0.15, -0.1) is 0 Å². The first-order valence-corrected chi connectivity index (χ1v) is 7.99. The maximum atomic E-state index is 12.2. The molecule has 0 bridgehead atoms. The van der Waals surface area contributed by atoms with Crippen LogP contribution in [-0.4, -0.2) is 14.4 Å². The van der Waals surface area contributed by atoms with Gasteiger partial charge in [-0.3, -0.25) is 14.9 Å². The Morgan fingerprint density at radius 2 is 1.61 bits per heavy atom. The van der Waals surface area contributed by atoms with Crippen LogP contribution in [0, 0.1) is 30.9 Å². The number of aryl methyl sites for hydroxylation is 3. The number of nitrogens with zero attached hydrogens (tertiary/aromatic N) is 1. The summed E-state index contributed by atoms with van der Waals surface area (Å²) in [4.78, 5) is 22.9. The number of nitrogens with one attached hydrogen (secondary N) is 1. The summed E-state index contributed by atoms with van der Waals surface area (Å²) in [5.74, 6) is 0. The first-order valence-electron chi connectivity index (χ1n) is 6.84. The quantitative estimate of drug-likeness (QED) is 0.682. The lowest BCUT2D eigenvalue weighted by molar-refractivity contribution is -0.384. The number of non-ortho nitro benzene ring substituents is 1. The van der Waals surface area contributed by atoms with E-state index in [0.29, 0.717) is 21.7 Å². The molecule has 0 radical (unpaired) electrons. The van der Waals surface area contributed by atoms with Crippen molar-refractivity contribution in [3.63, 3.8) is 0 Å². The maximum absolute atomic E-state index is 12.2. The minimum absolute atomic E-state index is 0.0438. The molecule has 0 aliphatic rings. The largest absolute Gasteiger partial charge is 0.318 e. The summed E-state index contributed by atoms with van der Waals surface area (Å²) in [7, 11) is -1.85. The van der Waals surface area contributed by atoms with Crippen LogP contribution in [0.3, 0.4) is 0 Å². The smallest absolute Gasteiger partial charge is 0.314 e.